The number of hydrogen-bond acceptors (Lipinski definition) is 4. The van der Waals surface area contributed by atoms with Gasteiger partial charge in [-0.15, -0.1) is 35.9 Å². The third-order valence-corrected chi connectivity index (χ3v) is 15.2. The molecule has 7 heteroatoms. The van der Waals surface area contributed by atoms with Crippen molar-refractivity contribution in [2.24, 2.45) is 5.92 Å². The third-order valence-electron chi connectivity index (χ3n) is 13.2. The first-order chi connectivity index (χ1) is 33.3. The molecule has 11 aromatic rings. The molecule has 0 amide bonds. The maximum absolute atomic E-state index is 6.14. The van der Waals surface area contributed by atoms with Gasteiger partial charge in [-0.25, -0.2) is 0 Å². The van der Waals surface area contributed by atoms with Crippen molar-refractivity contribution in [3.05, 3.63) is 193 Å². The number of benzene rings is 7. The Bertz CT molecular complexity index is 3590. The Morgan fingerprint density at radius 2 is 1.24 bits per heavy atom. The predicted molar refractivity (Wildman–Crippen MR) is 291 cm³/mol. The van der Waals surface area contributed by atoms with E-state index in [0.29, 0.717) is 5.92 Å². The van der Waals surface area contributed by atoms with E-state index in [1.54, 1.807) is 0 Å². The largest absolute Gasteiger partial charge is 0.557 e. The van der Waals surface area contributed by atoms with Gasteiger partial charge in [-0.3, -0.25) is 4.98 Å². The summed E-state index contributed by atoms with van der Waals surface area (Å²) in [4.78, 5) is 9.98. The molecule has 7 aromatic carbocycles. The first-order valence-corrected chi connectivity index (χ1v) is 27.9. The number of furan rings is 2. The molecule has 0 spiro atoms. The summed E-state index contributed by atoms with van der Waals surface area (Å²) >= 11 is 0. The van der Waals surface area contributed by atoms with Crippen LogP contribution in [0.15, 0.2) is 173 Å². The molecule has 11 rings (SSSR count). The second-order valence-corrected chi connectivity index (χ2v) is 25.4. The van der Waals surface area contributed by atoms with Crippen LogP contribution in [0.2, 0.25) is 19.6 Å². The van der Waals surface area contributed by atoms with E-state index >= 15 is 0 Å². The standard InChI is InChI=1S/C45H35N2O2.C18H24NSi.Ir/c1-27(2)34-24-32(29-12-6-5-7-13-29)25-35(28(3)4)44(34)47-40-16-10-9-15-39(40)46-45(47)38-26-48-41-20-18-30(23-37(38)41)31-19-21-43-36(22-31)33-14-8-11-17-42(33)49-43;1-14(2)11-16-12-17(15-9-7-6-8-10-15)19-13-18(16)20(3,4)5;/h5-25,27-28H,1-4H3;6-9,12-14H,11H2,1-5H3;/q2*-1;. The molecule has 0 bridgehead atoms. The minimum Gasteiger partial charge on any atom is -0.557 e. The molecule has 4 aromatic heterocycles. The van der Waals surface area contributed by atoms with E-state index in [2.05, 4.69) is 211 Å². The average molecular weight is 1110 g/mol. The van der Waals surface area contributed by atoms with Gasteiger partial charge in [0, 0.05) is 54.6 Å². The second-order valence-electron chi connectivity index (χ2n) is 20.4. The van der Waals surface area contributed by atoms with Gasteiger partial charge in [0.2, 0.25) is 0 Å². The summed E-state index contributed by atoms with van der Waals surface area (Å²) in [6.45, 7) is 20.9. The number of rotatable bonds is 10. The Hall–Kier alpha value is -6.63. The first kappa shape index (κ1) is 48.4. The number of imidazole rings is 1. The monoisotopic (exact) mass is 1110 g/mol. The molecule has 0 fully saturated rings. The minimum atomic E-state index is -1.34. The van der Waals surface area contributed by atoms with E-state index < -0.39 is 8.07 Å². The zero-order valence-electron chi connectivity index (χ0n) is 41.5. The molecule has 0 saturated carbocycles. The number of pyridine rings is 1. The molecule has 4 heterocycles. The summed E-state index contributed by atoms with van der Waals surface area (Å²) in [5.41, 5.74) is 17.4. The maximum atomic E-state index is 6.14. The van der Waals surface area contributed by atoms with Gasteiger partial charge in [0.15, 0.2) is 0 Å². The quantitative estimate of drug-likeness (QED) is 0.101. The van der Waals surface area contributed by atoms with Crippen LogP contribution in [0.4, 0.5) is 0 Å². The Morgan fingerprint density at radius 1 is 0.600 bits per heavy atom. The van der Waals surface area contributed by atoms with Crippen LogP contribution in [-0.2, 0) is 26.5 Å². The fourth-order valence-electron chi connectivity index (χ4n) is 9.74. The Kier molecular flexibility index (Phi) is 13.8. The normalized spacial score (nSPS) is 11.8. The van der Waals surface area contributed by atoms with Crippen molar-refractivity contribution in [1.82, 2.24) is 14.5 Å². The molecule has 1 radical (unpaired) electrons. The number of para-hydroxylation sites is 3. The molecule has 0 unspecified atom stereocenters. The van der Waals surface area contributed by atoms with Crippen molar-refractivity contribution < 1.29 is 28.9 Å². The fourth-order valence-corrected chi connectivity index (χ4v) is 11.3. The molecule has 5 nitrogen and oxygen atoms in total. The Morgan fingerprint density at radius 3 is 1.93 bits per heavy atom. The Balaban J connectivity index is 0.000000244. The molecule has 0 aliphatic carbocycles. The molecule has 70 heavy (non-hydrogen) atoms. The molecule has 0 aliphatic rings. The van der Waals surface area contributed by atoms with Gasteiger partial charge in [-0.2, -0.15) is 0 Å². The van der Waals surface area contributed by atoms with Gasteiger partial charge in [-0.1, -0.05) is 169 Å². The summed E-state index contributed by atoms with van der Waals surface area (Å²) < 4.78 is 14.6. The van der Waals surface area contributed by atoms with E-state index in [1.165, 1.54) is 38.7 Å². The van der Waals surface area contributed by atoms with Crippen LogP contribution in [0.3, 0.4) is 0 Å². The number of fused-ring (bicyclic) bond motifs is 5. The van der Waals surface area contributed by atoms with E-state index in [4.69, 9.17) is 13.8 Å². The smallest absolute Gasteiger partial charge is 0.135 e. The number of hydrogen-bond donors (Lipinski definition) is 0. The molecule has 0 aliphatic heterocycles. The van der Waals surface area contributed by atoms with Crippen molar-refractivity contribution in [3.63, 3.8) is 0 Å². The van der Waals surface area contributed by atoms with E-state index in [0.717, 1.165) is 84.1 Å². The van der Waals surface area contributed by atoms with E-state index in [-0.39, 0.29) is 31.9 Å². The molecular weight excluding hydrogens is 1050 g/mol. The van der Waals surface area contributed by atoms with Gasteiger partial charge in [0.1, 0.15) is 11.2 Å². The maximum Gasteiger partial charge on any atom is 0.135 e. The van der Waals surface area contributed by atoms with Crippen LogP contribution in [0.5, 0.6) is 0 Å². The van der Waals surface area contributed by atoms with Crippen molar-refractivity contribution in [1.29, 1.82) is 0 Å². The third kappa shape index (κ3) is 9.51. The predicted octanol–water partition coefficient (Wildman–Crippen LogP) is 17.0. The Labute approximate surface area is 427 Å². The van der Waals surface area contributed by atoms with Gasteiger partial charge in [0.05, 0.1) is 24.9 Å². The summed E-state index contributed by atoms with van der Waals surface area (Å²) in [6, 6.07) is 58.4. The number of nitrogens with zero attached hydrogens (tertiary/aromatic N) is 3. The van der Waals surface area contributed by atoms with Crippen LogP contribution >= 0.6 is 0 Å². The van der Waals surface area contributed by atoms with Crippen molar-refractivity contribution >= 4 is 57.2 Å². The van der Waals surface area contributed by atoms with Crippen LogP contribution in [0, 0.1) is 18.2 Å². The summed E-state index contributed by atoms with van der Waals surface area (Å²) in [5.74, 6) is 2.04. The topological polar surface area (TPSA) is 57.0 Å². The van der Waals surface area contributed by atoms with Crippen LogP contribution < -0.4 is 5.19 Å². The van der Waals surface area contributed by atoms with Crippen molar-refractivity contribution in [3.8, 4) is 50.6 Å². The zero-order valence-corrected chi connectivity index (χ0v) is 44.9. The SMILES string of the molecule is CC(C)Cc1cc(-c2[c-]cccc2)ncc1[Si](C)(C)C.CC(C)c1cc(-c2ccccc2)cc(C(C)C)c1-n1c(-c2[c-]oc3ccc(-c4ccc5oc6ccccc6c5c4)cc23)nc2ccccc21.[Ir]. The summed E-state index contributed by atoms with van der Waals surface area (Å²) in [6.07, 6.45) is 6.53. The average Bonchev–Trinajstić information content (AvgIpc) is 4.06. The second kappa shape index (κ2) is 20.0. The molecule has 353 valence electrons. The zero-order chi connectivity index (χ0) is 48.0. The molecular formula is C63H59IrN3O2Si-2. The fraction of sp³-hybridized carbons (Fsp3) is 0.206. The summed E-state index contributed by atoms with van der Waals surface area (Å²) in [7, 11) is -1.34. The van der Waals surface area contributed by atoms with E-state index in [1.807, 2.05) is 36.4 Å². The van der Waals surface area contributed by atoms with Crippen LogP contribution in [-0.4, -0.2) is 22.6 Å². The van der Waals surface area contributed by atoms with Crippen molar-refractivity contribution in [2.45, 2.75) is 79.4 Å². The first-order valence-electron chi connectivity index (χ1n) is 24.4. The molecule has 0 saturated heterocycles. The molecule has 0 atom stereocenters. The van der Waals surface area contributed by atoms with Gasteiger partial charge < -0.3 is 18.4 Å². The van der Waals surface area contributed by atoms with E-state index in [9.17, 15) is 0 Å². The van der Waals surface area contributed by atoms with Gasteiger partial charge in [0.25, 0.3) is 0 Å². The van der Waals surface area contributed by atoms with Gasteiger partial charge >= 0.3 is 0 Å². The van der Waals surface area contributed by atoms with Crippen LogP contribution in [0.25, 0.3) is 94.5 Å². The van der Waals surface area contributed by atoms with Crippen LogP contribution in [0.1, 0.15) is 70.1 Å². The molecule has 0 N–H and O–H groups in total. The van der Waals surface area contributed by atoms with Gasteiger partial charge in [-0.05, 0) is 111 Å². The van der Waals surface area contributed by atoms with Crippen molar-refractivity contribution in [2.75, 3.05) is 0 Å². The summed E-state index contributed by atoms with van der Waals surface area (Å²) in [5, 5.41) is 4.69. The minimum absolute atomic E-state index is 0. The number of aromatic nitrogens is 3.